The minimum absolute atomic E-state index is 0.851. The van der Waals surface area contributed by atoms with Gasteiger partial charge in [-0.2, -0.15) is 0 Å². The van der Waals surface area contributed by atoms with E-state index in [2.05, 4.69) is 191 Å². The van der Waals surface area contributed by atoms with Crippen LogP contribution >= 0.6 is 0 Å². The van der Waals surface area contributed by atoms with Crippen LogP contribution in [0.2, 0.25) is 0 Å². The maximum Gasteiger partial charge on any atom is 0.0541 e. The highest BCUT2D eigenvalue weighted by Crippen LogP contribution is 2.35. The number of fused-ring (bicyclic) bond motifs is 6. The third-order valence-electron chi connectivity index (χ3n) is 9.52. The summed E-state index contributed by atoms with van der Waals surface area (Å²) >= 11 is 0. The van der Waals surface area contributed by atoms with Crippen molar-refractivity contribution in [2.45, 2.75) is 6.54 Å². The molecule has 3 nitrogen and oxygen atoms in total. The summed E-state index contributed by atoms with van der Waals surface area (Å²) in [6.45, 7) is 0.851. The molecule has 7 aromatic carbocycles. The van der Waals surface area contributed by atoms with E-state index >= 15 is 0 Å². The lowest BCUT2D eigenvalue weighted by molar-refractivity contribution is 0.925. The molecule has 0 radical (unpaired) electrons. The molecule has 0 fully saturated rings. The Morgan fingerprint density at radius 1 is 0.404 bits per heavy atom. The van der Waals surface area contributed by atoms with Crippen LogP contribution < -0.4 is 4.90 Å². The van der Waals surface area contributed by atoms with Gasteiger partial charge in [0.1, 0.15) is 0 Å². The maximum absolute atomic E-state index is 2.39. The van der Waals surface area contributed by atoms with E-state index in [0.717, 1.165) is 12.2 Å². The van der Waals surface area contributed by atoms with Crippen LogP contribution in [-0.4, -0.2) is 16.2 Å². The lowest BCUT2D eigenvalue weighted by atomic mass is 10.0. The van der Waals surface area contributed by atoms with Gasteiger partial charge in [-0.25, -0.2) is 0 Å². The molecule has 0 aliphatic heterocycles. The third kappa shape index (κ3) is 4.59. The first kappa shape index (κ1) is 27.3. The molecule has 9 aromatic rings. The Balaban J connectivity index is 1.05. The van der Waals surface area contributed by atoms with E-state index in [1.165, 1.54) is 71.7 Å². The average Bonchev–Trinajstić information content (AvgIpc) is 3.65. The van der Waals surface area contributed by atoms with Crippen molar-refractivity contribution in [3.8, 4) is 22.5 Å². The number of nitrogens with zero attached hydrogens (tertiary/aromatic N) is 3. The molecule has 0 amide bonds. The van der Waals surface area contributed by atoms with Crippen molar-refractivity contribution < 1.29 is 0 Å². The predicted molar refractivity (Wildman–Crippen MR) is 199 cm³/mol. The van der Waals surface area contributed by atoms with Crippen molar-refractivity contribution >= 4 is 49.3 Å². The largest absolute Gasteiger partial charge is 0.370 e. The number of hydrogen-bond donors (Lipinski definition) is 0. The molecule has 2 aromatic heterocycles. The highest BCUT2D eigenvalue weighted by Gasteiger charge is 2.15. The van der Waals surface area contributed by atoms with Crippen LogP contribution in [0.15, 0.2) is 170 Å². The molecule has 0 unspecified atom stereocenters. The molecule has 0 saturated carbocycles. The van der Waals surface area contributed by atoms with Crippen molar-refractivity contribution in [3.63, 3.8) is 0 Å². The minimum Gasteiger partial charge on any atom is -0.370 e. The van der Waals surface area contributed by atoms with Gasteiger partial charge >= 0.3 is 0 Å². The Morgan fingerprint density at radius 2 is 0.830 bits per heavy atom. The molecule has 0 bridgehead atoms. The Labute approximate surface area is 274 Å². The van der Waals surface area contributed by atoms with Gasteiger partial charge in [-0.05, 0) is 83.4 Å². The highest BCUT2D eigenvalue weighted by molar-refractivity contribution is 6.10. The quantitative estimate of drug-likeness (QED) is 0.184. The Bertz CT molecular complexity index is 2480. The first-order valence-corrected chi connectivity index (χ1v) is 16.2. The van der Waals surface area contributed by atoms with Gasteiger partial charge in [-0.3, -0.25) is 0 Å². The van der Waals surface area contributed by atoms with Gasteiger partial charge in [-0.15, -0.1) is 0 Å². The normalized spacial score (nSPS) is 11.6. The van der Waals surface area contributed by atoms with Crippen LogP contribution in [0.4, 0.5) is 5.69 Å². The molecule has 9 rings (SSSR count). The van der Waals surface area contributed by atoms with Crippen LogP contribution in [0, 0.1) is 0 Å². The number of aromatic nitrogens is 2. The van der Waals surface area contributed by atoms with Crippen molar-refractivity contribution in [2.75, 3.05) is 11.9 Å². The summed E-state index contributed by atoms with van der Waals surface area (Å²) in [5, 5.41) is 5.12. The van der Waals surface area contributed by atoms with Gasteiger partial charge in [0, 0.05) is 52.2 Å². The number of anilines is 1. The molecule has 3 heteroatoms. The molecule has 0 aliphatic carbocycles. The average molecular weight is 604 g/mol. The lowest BCUT2D eigenvalue weighted by Gasteiger charge is -2.19. The monoisotopic (exact) mass is 603 g/mol. The van der Waals surface area contributed by atoms with Gasteiger partial charge in [-0.1, -0.05) is 103 Å². The SMILES string of the molecule is CN(Cc1ccc2c(c1)c1ccccc1n2-c1ccc(-c2ccc(-n3c4ccccc4c4ccccc43)cc2)cc1)c1ccccc1. The van der Waals surface area contributed by atoms with E-state index in [4.69, 9.17) is 0 Å². The zero-order chi connectivity index (χ0) is 31.3. The smallest absolute Gasteiger partial charge is 0.0541 e. The topological polar surface area (TPSA) is 13.1 Å². The van der Waals surface area contributed by atoms with Crippen molar-refractivity contribution in [3.05, 3.63) is 175 Å². The van der Waals surface area contributed by atoms with Crippen LogP contribution in [0.1, 0.15) is 5.56 Å². The molecule has 2 heterocycles. The summed E-state index contributed by atoms with van der Waals surface area (Å²) < 4.78 is 4.76. The highest BCUT2D eigenvalue weighted by atomic mass is 15.1. The molecule has 0 aliphatic rings. The van der Waals surface area contributed by atoms with E-state index in [-0.39, 0.29) is 0 Å². The van der Waals surface area contributed by atoms with E-state index in [1.54, 1.807) is 0 Å². The van der Waals surface area contributed by atoms with Crippen molar-refractivity contribution in [1.82, 2.24) is 9.13 Å². The summed E-state index contributed by atoms with van der Waals surface area (Å²) in [6, 6.07) is 61.5. The second-order valence-electron chi connectivity index (χ2n) is 12.4. The molecule has 0 N–H and O–H groups in total. The summed E-state index contributed by atoms with van der Waals surface area (Å²) in [5.41, 5.74) is 12.2. The minimum atomic E-state index is 0.851. The standard InChI is InChI=1S/C44H33N3/c1-45(34-11-3-2-4-12-34)30-31-19-28-44-40(29-31)39-15-7-10-18-43(39)47(44)36-26-22-33(23-27-36)32-20-24-35(25-21-32)46-41-16-8-5-13-37(41)38-14-6-9-17-42(38)46/h2-29H,30H2,1H3. The van der Waals surface area contributed by atoms with Crippen molar-refractivity contribution in [1.29, 1.82) is 0 Å². The summed E-state index contributed by atoms with van der Waals surface area (Å²) in [4.78, 5) is 2.30. The number of para-hydroxylation sites is 4. The first-order chi connectivity index (χ1) is 23.2. The van der Waals surface area contributed by atoms with E-state index in [1.807, 2.05) is 0 Å². The fraction of sp³-hybridized carbons (Fsp3) is 0.0455. The fourth-order valence-electron chi connectivity index (χ4n) is 7.25. The predicted octanol–water partition coefficient (Wildman–Crippen LogP) is 11.2. The van der Waals surface area contributed by atoms with Gasteiger partial charge < -0.3 is 14.0 Å². The Morgan fingerprint density at radius 3 is 1.34 bits per heavy atom. The number of hydrogen-bond acceptors (Lipinski definition) is 1. The van der Waals surface area contributed by atoms with E-state index < -0.39 is 0 Å². The second-order valence-corrected chi connectivity index (χ2v) is 12.4. The fourth-order valence-corrected chi connectivity index (χ4v) is 7.25. The van der Waals surface area contributed by atoms with Crippen LogP contribution in [-0.2, 0) is 6.54 Å². The van der Waals surface area contributed by atoms with Crippen LogP contribution in [0.25, 0.3) is 66.1 Å². The molecular formula is C44H33N3. The zero-order valence-corrected chi connectivity index (χ0v) is 26.2. The maximum atomic E-state index is 2.39. The van der Waals surface area contributed by atoms with Gasteiger partial charge in [0.05, 0.1) is 22.1 Å². The third-order valence-corrected chi connectivity index (χ3v) is 9.52. The van der Waals surface area contributed by atoms with Gasteiger partial charge in [0.2, 0.25) is 0 Å². The zero-order valence-electron chi connectivity index (χ0n) is 26.2. The molecule has 0 spiro atoms. The number of rotatable bonds is 6. The molecule has 224 valence electrons. The van der Waals surface area contributed by atoms with Gasteiger partial charge in [0.15, 0.2) is 0 Å². The summed E-state index contributed by atoms with van der Waals surface area (Å²) in [5.74, 6) is 0. The Kier molecular flexibility index (Phi) is 6.43. The van der Waals surface area contributed by atoms with Gasteiger partial charge in [0.25, 0.3) is 0 Å². The summed E-state index contributed by atoms with van der Waals surface area (Å²) in [7, 11) is 2.16. The molecule has 0 saturated heterocycles. The lowest BCUT2D eigenvalue weighted by Crippen LogP contribution is -2.15. The van der Waals surface area contributed by atoms with Crippen molar-refractivity contribution in [2.24, 2.45) is 0 Å². The number of benzene rings is 7. The first-order valence-electron chi connectivity index (χ1n) is 16.2. The van der Waals surface area contributed by atoms with E-state index in [9.17, 15) is 0 Å². The van der Waals surface area contributed by atoms with Crippen LogP contribution in [0.5, 0.6) is 0 Å². The Hall–Kier alpha value is -6.06. The summed E-state index contributed by atoms with van der Waals surface area (Å²) in [6.07, 6.45) is 0. The van der Waals surface area contributed by atoms with E-state index in [0.29, 0.717) is 0 Å². The second kappa shape index (κ2) is 11.1. The molecule has 47 heavy (non-hydrogen) atoms. The van der Waals surface area contributed by atoms with Crippen LogP contribution in [0.3, 0.4) is 0 Å². The molecular weight excluding hydrogens is 571 g/mol. The molecule has 0 atom stereocenters.